The van der Waals surface area contributed by atoms with Crippen LogP contribution >= 0.6 is 12.6 Å². The number of rotatable bonds is 15. The Kier molecular flexibility index (Phi) is 15.0. The molecule has 2 unspecified atom stereocenters. The highest BCUT2D eigenvalue weighted by atomic mass is 32.1. The Labute approximate surface area is 159 Å². The van der Waals surface area contributed by atoms with E-state index in [9.17, 15) is 0 Å². The van der Waals surface area contributed by atoms with E-state index in [1.807, 2.05) is 0 Å². The number of hydrogen-bond acceptors (Lipinski definition) is 1. The Hall–Kier alpha value is -0.170. The smallest absolute Gasteiger partial charge is 0.00978 e. The van der Waals surface area contributed by atoms with Gasteiger partial charge in [0.15, 0.2) is 0 Å². The van der Waals surface area contributed by atoms with Gasteiger partial charge in [-0.05, 0) is 76.9 Å². The minimum Gasteiger partial charge on any atom is -0.179 e. The first-order valence-electron chi connectivity index (χ1n) is 10.3. The number of hydrogen-bond donors (Lipinski definition) is 1. The maximum Gasteiger partial charge on any atom is -0.00978 e. The summed E-state index contributed by atoms with van der Waals surface area (Å²) in [5.41, 5.74) is 4.59. The minimum atomic E-state index is 0.813. The summed E-state index contributed by atoms with van der Waals surface area (Å²) in [6, 6.07) is 0. The average molecular weight is 353 g/mol. The van der Waals surface area contributed by atoms with E-state index in [1.165, 1.54) is 76.2 Å². The Morgan fingerprint density at radius 1 is 0.750 bits per heavy atom. The van der Waals surface area contributed by atoms with E-state index in [2.05, 4.69) is 53.8 Å². The standard InChI is InChI=1S/C23H44S/c1-19(2)14-10-8-7-9-11-15-20(3)22(5)18-23(6)21(4)16-12-13-17-24/h20,22,24H,1,7-18H2,2-6H3/b23-21-. The van der Waals surface area contributed by atoms with Gasteiger partial charge in [0.25, 0.3) is 0 Å². The molecule has 24 heavy (non-hydrogen) atoms. The summed E-state index contributed by atoms with van der Waals surface area (Å²) >= 11 is 4.31. The van der Waals surface area contributed by atoms with E-state index in [0.717, 1.165) is 17.6 Å². The van der Waals surface area contributed by atoms with Crippen LogP contribution in [-0.2, 0) is 0 Å². The molecule has 0 aliphatic carbocycles. The van der Waals surface area contributed by atoms with Gasteiger partial charge in [-0.25, -0.2) is 0 Å². The molecule has 0 aromatic carbocycles. The molecule has 0 aromatic heterocycles. The van der Waals surface area contributed by atoms with Crippen LogP contribution in [0, 0.1) is 11.8 Å². The topological polar surface area (TPSA) is 0 Å². The Morgan fingerprint density at radius 2 is 1.33 bits per heavy atom. The van der Waals surface area contributed by atoms with E-state index in [4.69, 9.17) is 0 Å². The molecule has 0 fully saturated rings. The fourth-order valence-electron chi connectivity index (χ4n) is 3.28. The van der Waals surface area contributed by atoms with Gasteiger partial charge in [0.2, 0.25) is 0 Å². The van der Waals surface area contributed by atoms with Crippen LogP contribution in [0.25, 0.3) is 0 Å². The van der Waals surface area contributed by atoms with E-state index >= 15 is 0 Å². The lowest BCUT2D eigenvalue weighted by atomic mass is 9.85. The highest BCUT2D eigenvalue weighted by Crippen LogP contribution is 2.27. The first-order chi connectivity index (χ1) is 11.4. The van der Waals surface area contributed by atoms with E-state index in [1.54, 1.807) is 11.1 Å². The van der Waals surface area contributed by atoms with Crippen molar-refractivity contribution >= 4 is 12.6 Å². The van der Waals surface area contributed by atoms with Crippen LogP contribution in [-0.4, -0.2) is 5.75 Å². The molecule has 0 saturated heterocycles. The zero-order valence-electron chi connectivity index (χ0n) is 17.3. The molecule has 0 aliphatic rings. The predicted molar refractivity (Wildman–Crippen MR) is 116 cm³/mol. The molecular formula is C23H44S. The normalized spacial score (nSPS) is 15.1. The minimum absolute atomic E-state index is 0.813. The van der Waals surface area contributed by atoms with Crippen molar-refractivity contribution in [2.75, 3.05) is 5.75 Å². The van der Waals surface area contributed by atoms with Crippen LogP contribution in [0.4, 0.5) is 0 Å². The quantitative estimate of drug-likeness (QED) is 0.171. The number of unbranched alkanes of at least 4 members (excludes halogenated alkanes) is 5. The van der Waals surface area contributed by atoms with Crippen molar-refractivity contribution in [2.24, 2.45) is 11.8 Å². The lowest BCUT2D eigenvalue weighted by Gasteiger charge is -2.21. The molecule has 2 atom stereocenters. The molecule has 0 bridgehead atoms. The monoisotopic (exact) mass is 352 g/mol. The van der Waals surface area contributed by atoms with Crippen LogP contribution in [0.1, 0.15) is 105 Å². The number of thiol groups is 1. The zero-order chi connectivity index (χ0) is 18.4. The van der Waals surface area contributed by atoms with Crippen molar-refractivity contribution in [1.82, 2.24) is 0 Å². The average Bonchev–Trinajstić information content (AvgIpc) is 2.53. The van der Waals surface area contributed by atoms with Crippen molar-refractivity contribution in [3.8, 4) is 0 Å². The zero-order valence-corrected chi connectivity index (χ0v) is 18.2. The van der Waals surface area contributed by atoms with Crippen LogP contribution in [0.3, 0.4) is 0 Å². The van der Waals surface area contributed by atoms with Gasteiger partial charge in [-0.3, -0.25) is 0 Å². The molecule has 0 aromatic rings. The molecular weight excluding hydrogens is 308 g/mol. The third-order valence-corrected chi connectivity index (χ3v) is 5.87. The summed E-state index contributed by atoms with van der Waals surface area (Å²) in [5.74, 6) is 2.68. The second-order valence-corrected chi connectivity index (χ2v) is 8.61. The van der Waals surface area contributed by atoms with Crippen molar-refractivity contribution in [2.45, 2.75) is 105 Å². The highest BCUT2D eigenvalue weighted by molar-refractivity contribution is 7.80. The van der Waals surface area contributed by atoms with Crippen LogP contribution in [0.5, 0.6) is 0 Å². The fraction of sp³-hybridized carbons (Fsp3) is 0.826. The first kappa shape index (κ1) is 23.8. The van der Waals surface area contributed by atoms with Gasteiger partial charge in [-0.1, -0.05) is 62.7 Å². The SMILES string of the molecule is C=C(C)CCCCCCCC(C)C(C)C/C(C)=C(/C)CCCCS. The van der Waals surface area contributed by atoms with Gasteiger partial charge in [0, 0.05) is 0 Å². The summed E-state index contributed by atoms with van der Waals surface area (Å²) in [7, 11) is 0. The Morgan fingerprint density at radius 3 is 1.96 bits per heavy atom. The van der Waals surface area contributed by atoms with E-state index in [0.29, 0.717) is 0 Å². The molecule has 0 N–H and O–H groups in total. The Bertz CT molecular complexity index is 353. The van der Waals surface area contributed by atoms with E-state index < -0.39 is 0 Å². The van der Waals surface area contributed by atoms with Gasteiger partial charge in [0.1, 0.15) is 0 Å². The van der Waals surface area contributed by atoms with Gasteiger partial charge < -0.3 is 0 Å². The fourth-order valence-corrected chi connectivity index (χ4v) is 3.51. The van der Waals surface area contributed by atoms with E-state index in [-0.39, 0.29) is 0 Å². The second kappa shape index (κ2) is 15.1. The van der Waals surface area contributed by atoms with Crippen LogP contribution < -0.4 is 0 Å². The second-order valence-electron chi connectivity index (χ2n) is 8.16. The molecule has 0 heterocycles. The highest BCUT2D eigenvalue weighted by Gasteiger charge is 2.13. The van der Waals surface area contributed by atoms with Crippen molar-refractivity contribution in [3.63, 3.8) is 0 Å². The summed E-state index contributed by atoms with van der Waals surface area (Å²) in [6.07, 6.45) is 14.6. The molecule has 0 radical (unpaired) electrons. The summed E-state index contributed by atoms with van der Waals surface area (Å²) < 4.78 is 0. The van der Waals surface area contributed by atoms with Gasteiger partial charge in [0.05, 0.1) is 0 Å². The predicted octanol–water partition coefficient (Wildman–Crippen LogP) is 8.39. The van der Waals surface area contributed by atoms with Crippen molar-refractivity contribution in [3.05, 3.63) is 23.3 Å². The third-order valence-electron chi connectivity index (χ3n) is 5.55. The maximum atomic E-state index is 4.31. The largest absolute Gasteiger partial charge is 0.179 e. The lowest BCUT2D eigenvalue weighted by molar-refractivity contribution is 0.347. The maximum absolute atomic E-state index is 4.31. The van der Waals surface area contributed by atoms with Crippen molar-refractivity contribution < 1.29 is 0 Å². The lowest BCUT2D eigenvalue weighted by Crippen LogP contribution is -2.09. The van der Waals surface area contributed by atoms with Crippen LogP contribution in [0.15, 0.2) is 23.3 Å². The molecule has 0 nitrogen and oxygen atoms in total. The Balaban J connectivity index is 3.87. The molecule has 0 spiro atoms. The van der Waals surface area contributed by atoms with Crippen molar-refractivity contribution in [1.29, 1.82) is 0 Å². The summed E-state index contributed by atoms with van der Waals surface area (Å²) in [4.78, 5) is 0. The molecule has 0 saturated carbocycles. The molecule has 0 amide bonds. The van der Waals surface area contributed by atoms with Gasteiger partial charge >= 0.3 is 0 Å². The third kappa shape index (κ3) is 13.2. The molecule has 0 aliphatic heterocycles. The molecule has 1 heteroatoms. The van der Waals surface area contributed by atoms with Gasteiger partial charge in [-0.15, -0.1) is 6.58 Å². The summed E-state index contributed by atoms with van der Waals surface area (Å²) in [5, 5.41) is 0. The molecule has 0 rings (SSSR count). The first-order valence-corrected chi connectivity index (χ1v) is 10.9. The van der Waals surface area contributed by atoms with Crippen LogP contribution in [0.2, 0.25) is 0 Å². The summed E-state index contributed by atoms with van der Waals surface area (Å²) in [6.45, 7) is 15.7. The van der Waals surface area contributed by atoms with Gasteiger partial charge in [-0.2, -0.15) is 12.6 Å². The molecule has 142 valence electrons. The number of allylic oxidation sites excluding steroid dienone is 3.